The summed E-state index contributed by atoms with van der Waals surface area (Å²) in [4.78, 5) is 26.4. The van der Waals surface area contributed by atoms with Crippen LogP contribution >= 0.6 is 11.8 Å². The van der Waals surface area contributed by atoms with E-state index in [0.29, 0.717) is 23.5 Å². The normalized spacial score (nSPS) is 15.1. The van der Waals surface area contributed by atoms with Crippen molar-refractivity contribution in [3.8, 4) is 11.5 Å². The van der Waals surface area contributed by atoms with Crippen molar-refractivity contribution in [3.05, 3.63) is 76.5 Å². The first-order valence-electron chi connectivity index (χ1n) is 8.83. The van der Waals surface area contributed by atoms with Crippen LogP contribution in [-0.4, -0.2) is 30.3 Å². The molecule has 1 saturated heterocycles. The van der Waals surface area contributed by atoms with Gasteiger partial charge in [0.05, 0.1) is 25.7 Å². The van der Waals surface area contributed by atoms with Crippen LogP contribution in [0.15, 0.2) is 54.0 Å². The Bertz CT molecular complexity index is 1000. The molecule has 7 heteroatoms. The third-order valence-electron chi connectivity index (χ3n) is 4.40. The molecule has 1 aliphatic heterocycles. The van der Waals surface area contributed by atoms with Crippen molar-refractivity contribution in [2.24, 2.45) is 0 Å². The lowest BCUT2D eigenvalue weighted by Crippen LogP contribution is -2.27. The van der Waals surface area contributed by atoms with Crippen molar-refractivity contribution < 1.29 is 23.5 Å². The Labute approximate surface area is 172 Å². The average Bonchev–Trinajstić information content (AvgIpc) is 2.96. The Hall–Kier alpha value is -3.06. The maximum atomic E-state index is 13.9. The quantitative estimate of drug-likeness (QED) is 0.482. The molecule has 2 aromatic rings. The van der Waals surface area contributed by atoms with Crippen LogP contribution in [0, 0.1) is 5.82 Å². The molecule has 0 saturated carbocycles. The molecule has 1 aliphatic rings. The van der Waals surface area contributed by atoms with E-state index in [9.17, 15) is 14.0 Å². The summed E-state index contributed by atoms with van der Waals surface area (Å²) in [5.74, 6) is 0.202. The Balaban J connectivity index is 1.92. The average molecular weight is 413 g/mol. The molecule has 3 rings (SSSR count). The van der Waals surface area contributed by atoms with Gasteiger partial charge in [-0.3, -0.25) is 14.5 Å². The largest absolute Gasteiger partial charge is 0.493 e. The van der Waals surface area contributed by atoms with Gasteiger partial charge in [0, 0.05) is 11.1 Å². The minimum Gasteiger partial charge on any atom is -0.493 e. The van der Waals surface area contributed by atoms with Gasteiger partial charge in [0.2, 0.25) is 0 Å². The van der Waals surface area contributed by atoms with E-state index in [1.54, 1.807) is 43.5 Å². The molecule has 150 valence electrons. The number of hydrogen-bond acceptors (Lipinski definition) is 5. The molecule has 0 aliphatic carbocycles. The number of benzene rings is 2. The van der Waals surface area contributed by atoms with E-state index in [-0.39, 0.29) is 17.0 Å². The summed E-state index contributed by atoms with van der Waals surface area (Å²) in [5, 5.41) is -0.434. The molecule has 2 aromatic carbocycles. The third-order valence-corrected chi connectivity index (χ3v) is 5.31. The number of ether oxygens (including phenoxy) is 2. The highest BCUT2D eigenvalue weighted by molar-refractivity contribution is 8.18. The number of carbonyl (C=O) groups is 2. The van der Waals surface area contributed by atoms with Crippen molar-refractivity contribution in [1.29, 1.82) is 0 Å². The molecular formula is C22H20FNO4S. The number of methoxy groups -OCH3 is 2. The van der Waals surface area contributed by atoms with Gasteiger partial charge >= 0.3 is 0 Å². The Morgan fingerprint density at radius 1 is 1.14 bits per heavy atom. The maximum Gasteiger partial charge on any atom is 0.293 e. The molecule has 0 spiro atoms. The first kappa shape index (κ1) is 20.7. The predicted molar refractivity (Wildman–Crippen MR) is 111 cm³/mol. The summed E-state index contributed by atoms with van der Waals surface area (Å²) in [6.45, 7) is 3.64. The molecule has 1 fully saturated rings. The summed E-state index contributed by atoms with van der Waals surface area (Å²) < 4.78 is 24.7. The highest BCUT2D eigenvalue weighted by atomic mass is 32.2. The molecular weight excluding hydrogens is 393 g/mol. The summed E-state index contributed by atoms with van der Waals surface area (Å²) in [6.07, 6.45) is 3.92. The van der Waals surface area contributed by atoms with Gasteiger partial charge in [-0.05, 0) is 48.0 Å². The lowest BCUT2D eigenvalue weighted by molar-refractivity contribution is -0.123. The second-order valence-electron chi connectivity index (χ2n) is 6.27. The number of nitrogens with zero attached hydrogens (tertiary/aromatic N) is 1. The van der Waals surface area contributed by atoms with Crippen LogP contribution in [0.1, 0.15) is 16.7 Å². The van der Waals surface area contributed by atoms with Gasteiger partial charge in [-0.1, -0.05) is 24.3 Å². The molecule has 1 heterocycles. The van der Waals surface area contributed by atoms with Crippen molar-refractivity contribution in [2.75, 3.05) is 14.2 Å². The van der Waals surface area contributed by atoms with E-state index in [0.717, 1.165) is 22.2 Å². The maximum absolute atomic E-state index is 13.9. The van der Waals surface area contributed by atoms with Crippen molar-refractivity contribution >= 4 is 29.0 Å². The summed E-state index contributed by atoms with van der Waals surface area (Å²) in [6, 6.07) is 9.67. The van der Waals surface area contributed by atoms with Crippen LogP contribution in [0.4, 0.5) is 9.18 Å². The first-order chi connectivity index (χ1) is 14.0. The molecule has 0 N–H and O–H groups in total. The van der Waals surface area contributed by atoms with E-state index in [4.69, 9.17) is 9.47 Å². The van der Waals surface area contributed by atoms with E-state index >= 15 is 0 Å². The van der Waals surface area contributed by atoms with Gasteiger partial charge in [0.15, 0.2) is 11.5 Å². The van der Waals surface area contributed by atoms with Gasteiger partial charge in [-0.25, -0.2) is 4.39 Å². The fourth-order valence-electron chi connectivity index (χ4n) is 3.04. The van der Waals surface area contributed by atoms with Crippen LogP contribution in [0.2, 0.25) is 0 Å². The van der Waals surface area contributed by atoms with Crippen LogP contribution in [0.5, 0.6) is 11.5 Å². The third kappa shape index (κ3) is 4.35. The van der Waals surface area contributed by atoms with Crippen molar-refractivity contribution in [2.45, 2.75) is 13.0 Å². The zero-order valence-corrected chi connectivity index (χ0v) is 16.9. The molecule has 0 unspecified atom stereocenters. The zero-order chi connectivity index (χ0) is 21.0. The lowest BCUT2D eigenvalue weighted by Gasteiger charge is -2.14. The second-order valence-corrected chi connectivity index (χ2v) is 7.26. The van der Waals surface area contributed by atoms with Crippen LogP contribution in [0.3, 0.4) is 0 Å². The Morgan fingerprint density at radius 2 is 1.90 bits per heavy atom. The Kier molecular flexibility index (Phi) is 6.39. The molecule has 29 heavy (non-hydrogen) atoms. The monoisotopic (exact) mass is 413 g/mol. The van der Waals surface area contributed by atoms with E-state index in [1.165, 1.54) is 13.2 Å². The number of imide groups is 1. The predicted octanol–water partition coefficient (Wildman–Crippen LogP) is 4.81. The lowest BCUT2D eigenvalue weighted by atomic mass is 10.0. The number of thioether (sulfide) groups is 1. The topological polar surface area (TPSA) is 55.8 Å². The van der Waals surface area contributed by atoms with Crippen molar-refractivity contribution in [1.82, 2.24) is 4.90 Å². The number of hydrogen-bond donors (Lipinski definition) is 0. The van der Waals surface area contributed by atoms with E-state index in [2.05, 4.69) is 6.58 Å². The molecule has 5 nitrogen and oxygen atoms in total. The highest BCUT2D eigenvalue weighted by Crippen LogP contribution is 2.37. The fourth-order valence-corrected chi connectivity index (χ4v) is 3.88. The minimum absolute atomic E-state index is 0.109. The molecule has 0 bridgehead atoms. The second kappa shape index (κ2) is 8.96. The smallest absolute Gasteiger partial charge is 0.293 e. The van der Waals surface area contributed by atoms with E-state index < -0.39 is 17.0 Å². The highest BCUT2D eigenvalue weighted by Gasteiger charge is 2.35. The van der Waals surface area contributed by atoms with Crippen LogP contribution < -0.4 is 9.47 Å². The van der Waals surface area contributed by atoms with Gasteiger partial charge < -0.3 is 9.47 Å². The minimum atomic E-state index is -0.455. The SMILES string of the molecule is C=CCc1cc(/C=C2\SC(=O)N(Cc3ccccc3F)C2=O)cc(OC)c1OC. The number of carbonyl (C=O) groups excluding carboxylic acids is 2. The fraction of sp³-hybridized carbons (Fsp3) is 0.182. The summed E-state index contributed by atoms with van der Waals surface area (Å²) >= 11 is 0.828. The number of allylic oxidation sites excluding steroid dienone is 1. The standard InChI is InChI=1S/C22H20FNO4S/c1-4-7-15-10-14(11-18(27-2)20(15)28-3)12-19-21(25)24(22(26)29-19)13-16-8-5-6-9-17(16)23/h4-6,8-12H,1,7,13H2,2-3H3/b19-12-. The van der Waals surface area contributed by atoms with E-state index in [1.807, 2.05) is 6.07 Å². The van der Waals surface area contributed by atoms with Gasteiger partial charge in [-0.15, -0.1) is 6.58 Å². The van der Waals surface area contributed by atoms with Crippen molar-refractivity contribution in [3.63, 3.8) is 0 Å². The zero-order valence-electron chi connectivity index (χ0n) is 16.1. The van der Waals surface area contributed by atoms with Gasteiger partial charge in [-0.2, -0.15) is 0 Å². The molecule has 0 radical (unpaired) electrons. The Morgan fingerprint density at radius 3 is 2.55 bits per heavy atom. The number of rotatable bonds is 7. The van der Waals surface area contributed by atoms with Gasteiger partial charge in [0.25, 0.3) is 11.1 Å². The number of halogens is 1. The molecule has 0 atom stereocenters. The van der Waals surface area contributed by atoms with Crippen LogP contribution in [-0.2, 0) is 17.8 Å². The summed E-state index contributed by atoms with van der Waals surface area (Å²) in [5.41, 5.74) is 1.82. The van der Waals surface area contributed by atoms with Crippen LogP contribution in [0.25, 0.3) is 6.08 Å². The number of amides is 2. The summed E-state index contributed by atoms with van der Waals surface area (Å²) in [7, 11) is 3.08. The molecule has 0 aromatic heterocycles. The molecule has 2 amide bonds. The van der Waals surface area contributed by atoms with Gasteiger partial charge in [0.1, 0.15) is 5.82 Å². The first-order valence-corrected chi connectivity index (χ1v) is 9.64.